The summed E-state index contributed by atoms with van der Waals surface area (Å²) < 4.78 is 0. The minimum absolute atomic E-state index is 0.758. The zero-order valence-corrected chi connectivity index (χ0v) is 11.3. The SMILES string of the molecule is CCNc1nc(-c2ccncc2C)nc(C)c1C. The second-order valence-electron chi connectivity index (χ2n) is 4.33. The minimum atomic E-state index is 0.758. The molecule has 2 rings (SSSR count). The third kappa shape index (κ3) is 2.32. The molecule has 0 saturated heterocycles. The molecule has 2 heterocycles. The van der Waals surface area contributed by atoms with Crippen molar-refractivity contribution in [2.75, 3.05) is 11.9 Å². The smallest absolute Gasteiger partial charge is 0.162 e. The van der Waals surface area contributed by atoms with Crippen LogP contribution in [0.3, 0.4) is 0 Å². The van der Waals surface area contributed by atoms with Crippen molar-refractivity contribution in [2.24, 2.45) is 0 Å². The first kappa shape index (κ1) is 12.5. The monoisotopic (exact) mass is 242 g/mol. The molecule has 2 aromatic heterocycles. The first-order valence-electron chi connectivity index (χ1n) is 6.13. The first-order valence-corrected chi connectivity index (χ1v) is 6.13. The summed E-state index contributed by atoms with van der Waals surface area (Å²) in [4.78, 5) is 13.3. The molecular formula is C14H18N4. The van der Waals surface area contributed by atoms with Gasteiger partial charge in [-0.2, -0.15) is 0 Å². The maximum Gasteiger partial charge on any atom is 0.162 e. The molecule has 94 valence electrons. The van der Waals surface area contributed by atoms with Gasteiger partial charge in [0.15, 0.2) is 5.82 Å². The van der Waals surface area contributed by atoms with E-state index in [2.05, 4.69) is 27.2 Å². The van der Waals surface area contributed by atoms with Gasteiger partial charge in [-0.3, -0.25) is 4.98 Å². The van der Waals surface area contributed by atoms with Crippen molar-refractivity contribution in [2.45, 2.75) is 27.7 Å². The Hall–Kier alpha value is -1.97. The molecule has 2 aromatic rings. The largest absolute Gasteiger partial charge is 0.370 e. The summed E-state index contributed by atoms with van der Waals surface area (Å²) in [7, 11) is 0. The van der Waals surface area contributed by atoms with E-state index in [1.54, 1.807) is 6.20 Å². The van der Waals surface area contributed by atoms with Gasteiger partial charge in [-0.15, -0.1) is 0 Å². The predicted octanol–water partition coefficient (Wildman–Crippen LogP) is 2.90. The zero-order valence-electron chi connectivity index (χ0n) is 11.3. The van der Waals surface area contributed by atoms with Gasteiger partial charge in [0, 0.05) is 35.8 Å². The van der Waals surface area contributed by atoms with E-state index in [9.17, 15) is 0 Å². The van der Waals surface area contributed by atoms with Crippen LogP contribution in [-0.4, -0.2) is 21.5 Å². The number of nitrogens with one attached hydrogen (secondary N) is 1. The maximum atomic E-state index is 4.60. The molecule has 4 heteroatoms. The first-order chi connectivity index (χ1) is 8.63. The molecule has 0 aliphatic heterocycles. The molecule has 0 atom stereocenters. The lowest BCUT2D eigenvalue weighted by Gasteiger charge is -2.12. The van der Waals surface area contributed by atoms with Gasteiger partial charge in [0.25, 0.3) is 0 Å². The number of hydrogen-bond donors (Lipinski definition) is 1. The normalized spacial score (nSPS) is 10.4. The summed E-state index contributed by atoms with van der Waals surface area (Å²) in [6.45, 7) is 8.99. The number of anilines is 1. The van der Waals surface area contributed by atoms with Gasteiger partial charge in [0.05, 0.1) is 0 Å². The van der Waals surface area contributed by atoms with Crippen LogP contribution in [0.2, 0.25) is 0 Å². The quantitative estimate of drug-likeness (QED) is 0.899. The van der Waals surface area contributed by atoms with Crippen LogP contribution in [0.4, 0.5) is 5.82 Å². The van der Waals surface area contributed by atoms with E-state index in [-0.39, 0.29) is 0 Å². The van der Waals surface area contributed by atoms with Crippen LogP contribution in [0.25, 0.3) is 11.4 Å². The Labute approximate surface area is 108 Å². The lowest BCUT2D eigenvalue weighted by atomic mass is 10.1. The summed E-state index contributed by atoms with van der Waals surface area (Å²) in [6.07, 6.45) is 3.61. The summed E-state index contributed by atoms with van der Waals surface area (Å²) in [5.41, 5.74) is 4.23. The van der Waals surface area contributed by atoms with Crippen molar-refractivity contribution in [1.82, 2.24) is 15.0 Å². The molecule has 0 bridgehead atoms. The van der Waals surface area contributed by atoms with Crippen LogP contribution in [0.15, 0.2) is 18.5 Å². The highest BCUT2D eigenvalue weighted by Crippen LogP contribution is 2.23. The average Bonchev–Trinajstić information content (AvgIpc) is 2.35. The van der Waals surface area contributed by atoms with Crippen LogP contribution >= 0.6 is 0 Å². The van der Waals surface area contributed by atoms with Gasteiger partial charge >= 0.3 is 0 Å². The minimum Gasteiger partial charge on any atom is -0.370 e. The molecule has 0 spiro atoms. The Bertz CT molecular complexity index is 564. The molecule has 0 aliphatic carbocycles. The van der Waals surface area contributed by atoms with E-state index in [1.807, 2.05) is 33.0 Å². The van der Waals surface area contributed by atoms with Crippen LogP contribution in [0, 0.1) is 20.8 Å². The van der Waals surface area contributed by atoms with Crippen molar-refractivity contribution in [3.05, 3.63) is 35.3 Å². The lowest BCUT2D eigenvalue weighted by molar-refractivity contribution is 1.04. The second-order valence-corrected chi connectivity index (χ2v) is 4.33. The molecule has 0 fully saturated rings. The Morgan fingerprint density at radius 2 is 1.94 bits per heavy atom. The zero-order chi connectivity index (χ0) is 13.1. The van der Waals surface area contributed by atoms with Crippen molar-refractivity contribution < 1.29 is 0 Å². The van der Waals surface area contributed by atoms with Gasteiger partial charge in [0.1, 0.15) is 5.82 Å². The van der Waals surface area contributed by atoms with E-state index in [1.165, 1.54) is 0 Å². The van der Waals surface area contributed by atoms with E-state index in [0.717, 1.165) is 40.6 Å². The summed E-state index contributed by atoms with van der Waals surface area (Å²) in [6, 6.07) is 1.95. The number of nitrogens with zero attached hydrogens (tertiary/aromatic N) is 3. The van der Waals surface area contributed by atoms with E-state index in [4.69, 9.17) is 0 Å². The molecular weight excluding hydrogens is 224 g/mol. The van der Waals surface area contributed by atoms with Gasteiger partial charge in [-0.05, 0) is 39.3 Å². The van der Waals surface area contributed by atoms with Crippen LogP contribution in [0.5, 0.6) is 0 Å². The highest BCUT2D eigenvalue weighted by Gasteiger charge is 2.10. The standard InChI is InChI=1S/C14H18N4/c1-5-16-13-10(3)11(4)17-14(18-13)12-6-7-15-8-9(12)2/h6-8H,5H2,1-4H3,(H,16,17,18). The van der Waals surface area contributed by atoms with E-state index in [0.29, 0.717) is 0 Å². The Balaban J connectivity index is 2.56. The fourth-order valence-electron chi connectivity index (χ4n) is 1.81. The summed E-state index contributed by atoms with van der Waals surface area (Å²) in [5, 5.41) is 3.28. The topological polar surface area (TPSA) is 50.7 Å². The molecule has 0 saturated carbocycles. The third-order valence-corrected chi connectivity index (χ3v) is 2.99. The Morgan fingerprint density at radius 3 is 2.61 bits per heavy atom. The Morgan fingerprint density at radius 1 is 1.17 bits per heavy atom. The summed E-state index contributed by atoms with van der Waals surface area (Å²) >= 11 is 0. The molecule has 1 N–H and O–H groups in total. The molecule has 0 unspecified atom stereocenters. The molecule has 0 aliphatic rings. The van der Waals surface area contributed by atoms with Gasteiger partial charge in [0.2, 0.25) is 0 Å². The fourth-order valence-corrected chi connectivity index (χ4v) is 1.81. The van der Waals surface area contributed by atoms with Gasteiger partial charge < -0.3 is 5.32 Å². The van der Waals surface area contributed by atoms with E-state index < -0.39 is 0 Å². The van der Waals surface area contributed by atoms with Crippen LogP contribution in [-0.2, 0) is 0 Å². The third-order valence-electron chi connectivity index (χ3n) is 2.99. The molecule has 4 nitrogen and oxygen atoms in total. The van der Waals surface area contributed by atoms with Gasteiger partial charge in [-0.25, -0.2) is 9.97 Å². The molecule has 0 amide bonds. The van der Waals surface area contributed by atoms with Crippen LogP contribution < -0.4 is 5.32 Å². The average molecular weight is 242 g/mol. The predicted molar refractivity (Wildman–Crippen MR) is 73.6 cm³/mol. The molecule has 18 heavy (non-hydrogen) atoms. The fraction of sp³-hybridized carbons (Fsp3) is 0.357. The number of aromatic nitrogens is 3. The second kappa shape index (κ2) is 5.12. The summed E-state index contributed by atoms with van der Waals surface area (Å²) in [5.74, 6) is 1.67. The number of pyridine rings is 1. The molecule has 0 aromatic carbocycles. The highest BCUT2D eigenvalue weighted by atomic mass is 15.0. The van der Waals surface area contributed by atoms with Crippen molar-refractivity contribution in [3.8, 4) is 11.4 Å². The van der Waals surface area contributed by atoms with E-state index >= 15 is 0 Å². The van der Waals surface area contributed by atoms with Crippen molar-refractivity contribution in [1.29, 1.82) is 0 Å². The van der Waals surface area contributed by atoms with Crippen LogP contribution in [0.1, 0.15) is 23.7 Å². The number of aryl methyl sites for hydroxylation is 2. The lowest BCUT2D eigenvalue weighted by Crippen LogP contribution is -2.06. The van der Waals surface area contributed by atoms with Gasteiger partial charge in [-0.1, -0.05) is 0 Å². The maximum absolute atomic E-state index is 4.60. The van der Waals surface area contributed by atoms with Crippen molar-refractivity contribution in [3.63, 3.8) is 0 Å². The van der Waals surface area contributed by atoms with Crippen molar-refractivity contribution >= 4 is 5.82 Å². The molecule has 0 radical (unpaired) electrons. The number of rotatable bonds is 3. The Kier molecular flexibility index (Phi) is 3.55. The number of hydrogen-bond acceptors (Lipinski definition) is 4. The highest BCUT2D eigenvalue weighted by molar-refractivity contribution is 5.62.